The first-order valence-corrected chi connectivity index (χ1v) is 10.4. The van der Waals surface area contributed by atoms with Crippen LogP contribution in [0.1, 0.15) is 43.2 Å². The van der Waals surface area contributed by atoms with Crippen LogP contribution >= 0.6 is 0 Å². The molecule has 1 atom stereocenters. The molecule has 1 aliphatic rings. The van der Waals surface area contributed by atoms with E-state index in [1.807, 2.05) is 0 Å². The fraction of sp³-hybridized carbons (Fsp3) is 0.409. The molecule has 36 heavy (non-hydrogen) atoms. The highest BCUT2D eigenvalue weighted by Crippen LogP contribution is 2.44. The quantitative estimate of drug-likeness (QED) is 0.419. The molecule has 2 aromatic heterocycles. The smallest absolute Gasteiger partial charge is 0.418 e. The average Bonchev–Trinajstić information content (AvgIpc) is 3.65. The summed E-state index contributed by atoms with van der Waals surface area (Å²) in [6, 6.07) is 3.40. The van der Waals surface area contributed by atoms with E-state index >= 15 is 0 Å². The van der Waals surface area contributed by atoms with E-state index in [0.717, 1.165) is 13.2 Å². The number of amides is 2. The van der Waals surface area contributed by atoms with Gasteiger partial charge in [-0.3, -0.25) is 14.3 Å². The first-order chi connectivity index (χ1) is 19.4. The van der Waals surface area contributed by atoms with Gasteiger partial charge in [-0.25, -0.2) is 0 Å². The molecule has 0 radical (unpaired) electrons. The Bertz CT molecular complexity index is 1520. The molecule has 1 aromatic carbocycles. The summed E-state index contributed by atoms with van der Waals surface area (Å²) in [7, 11) is -0.890. The number of fused-ring (bicyclic) bond motifs is 1. The van der Waals surface area contributed by atoms with Crippen molar-refractivity contribution in [2.24, 2.45) is 13.0 Å². The van der Waals surface area contributed by atoms with E-state index in [9.17, 15) is 22.8 Å². The predicted octanol–water partition coefficient (Wildman–Crippen LogP) is 3.07. The lowest BCUT2D eigenvalue weighted by Crippen LogP contribution is -2.23. The van der Waals surface area contributed by atoms with Crippen LogP contribution in [0.5, 0.6) is 5.75 Å². The Hall–Kier alpha value is -3.94. The van der Waals surface area contributed by atoms with Crippen molar-refractivity contribution in [3.05, 3.63) is 29.5 Å². The molecule has 2 amide bonds. The van der Waals surface area contributed by atoms with Crippen LogP contribution in [0, 0.1) is 5.92 Å². The minimum absolute atomic E-state index is 0.0663. The van der Waals surface area contributed by atoms with E-state index in [0.29, 0.717) is 12.8 Å². The van der Waals surface area contributed by atoms with Crippen LogP contribution in [0.3, 0.4) is 0 Å². The minimum atomic E-state index is -5.16. The number of aromatic nitrogens is 4. The van der Waals surface area contributed by atoms with Gasteiger partial charge in [0.2, 0.25) is 5.91 Å². The topological polar surface area (TPSA) is 132 Å². The van der Waals surface area contributed by atoms with Crippen molar-refractivity contribution in [1.82, 2.24) is 25.3 Å². The third kappa shape index (κ3) is 4.76. The van der Waals surface area contributed by atoms with Gasteiger partial charge in [0.1, 0.15) is 5.75 Å². The highest BCUT2D eigenvalue weighted by atomic mass is 19.4. The van der Waals surface area contributed by atoms with E-state index in [2.05, 4.69) is 30.7 Å². The van der Waals surface area contributed by atoms with Crippen molar-refractivity contribution in [2.45, 2.75) is 25.1 Å². The van der Waals surface area contributed by atoms with E-state index < -0.39 is 49.2 Å². The Balaban J connectivity index is 1.85. The number of hydrogen-bond donors (Lipinski definition) is 3. The number of halogens is 3. The standard InChI is InChI=1S/C22H24F3N7O4/c1-26-21(34)16-12(9-14(29-30-16)28-20(33)10-5-6-10)27-19-15-13(32(2)31-19)8-7-11(17(15)35-3)18(36-4)22(23,24)25/h7-10,18H,5-6H2,1-4H3,(H,26,34)(H2,27,28,29,31,33)/t18-/m0/s1/i1D3,4D3. The molecule has 0 unspecified atom stereocenters. The number of benzene rings is 1. The third-order valence-electron chi connectivity index (χ3n) is 5.48. The Morgan fingerprint density at radius 1 is 1.28 bits per heavy atom. The molecule has 3 N–H and O–H groups in total. The van der Waals surface area contributed by atoms with Gasteiger partial charge in [0, 0.05) is 42.7 Å². The Kier molecular flexibility index (Phi) is 4.89. The summed E-state index contributed by atoms with van der Waals surface area (Å²) in [6.45, 7) is -2.90. The van der Waals surface area contributed by atoms with E-state index in [1.54, 1.807) is 5.32 Å². The average molecular weight is 514 g/mol. The van der Waals surface area contributed by atoms with Crippen molar-refractivity contribution < 1.29 is 40.5 Å². The maximum atomic E-state index is 14.0. The van der Waals surface area contributed by atoms with Gasteiger partial charge >= 0.3 is 6.18 Å². The summed E-state index contributed by atoms with van der Waals surface area (Å²) in [5.74, 6) is -2.47. The zero-order chi connectivity index (χ0) is 31.2. The highest BCUT2D eigenvalue weighted by molar-refractivity contribution is 6.02. The second-order valence-electron chi connectivity index (χ2n) is 7.93. The summed E-state index contributed by atoms with van der Waals surface area (Å²) < 4.78 is 96.6. The van der Waals surface area contributed by atoms with E-state index in [4.69, 9.17) is 13.0 Å². The molecular weight excluding hydrogens is 483 g/mol. The van der Waals surface area contributed by atoms with Crippen molar-refractivity contribution >= 4 is 40.0 Å². The van der Waals surface area contributed by atoms with Crippen LogP contribution in [-0.2, 0) is 16.6 Å². The fourth-order valence-electron chi connectivity index (χ4n) is 3.64. The predicted molar refractivity (Wildman–Crippen MR) is 123 cm³/mol. The summed E-state index contributed by atoms with van der Waals surface area (Å²) in [6.07, 6.45) is -6.72. The Labute approximate surface area is 211 Å². The number of methoxy groups -OCH3 is 2. The zero-order valence-corrected chi connectivity index (χ0v) is 18.9. The van der Waals surface area contributed by atoms with Gasteiger partial charge < -0.3 is 25.4 Å². The SMILES string of the molecule is [2H]C([2H])([2H])NC(=O)c1nnc(NC(=O)C2CC2)cc1Nc1nn(C)c2ccc([C@H](OC([2H])([2H])[2H])C(F)(F)F)c(OC)c12. The van der Waals surface area contributed by atoms with Gasteiger partial charge in [-0.2, -0.15) is 18.3 Å². The molecule has 14 heteroatoms. The number of nitrogens with one attached hydrogen (secondary N) is 3. The molecule has 1 aliphatic carbocycles. The second-order valence-corrected chi connectivity index (χ2v) is 7.93. The molecule has 1 saturated carbocycles. The minimum Gasteiger partial charge on any atom is -0.496 e. The molecule has 1 fully saturated rings. The first-order valence-electron chi connectivity index (χ1n) is 13.4. The number of anilines is 3. The maximum absolute atomic E-state index is 14.0. The van der Waals surface area contributed by atoms with E-state index in [-0.39, 0.29) is 40.1 Å². The lowest BCUT2D eigenvalue weighted by atomic mass is 10.0. The van der Waals surface area contributed by atoms with Crippen LogP contribution in [0.15, 0.2) is 18.2 Å². The normalized spacial score (nSPS) is 17.6. The molecule has 0 saturated heterocycles. The molecule has 2 heterocycles. The van der Waals surface area contributed by atoms with Crippen molar-refractivity contribution in [3.63, 3.8) is 0 Å². The molecule has 0 spiro atoms. The molecule has 11 nitrogen and oxygen atoms in total. The number of hydrogen-bond acceptors (Lipinski definition) is 8. The number of rotatable bonds is 8. The summed E-state index contributed by atoms with van der Waals surface area (Å²) >= 11 is 0. The number of carbonyl (C=O) groups is 2. The number of aryl methyl sites for hydroxylation is 1. The molecule has 0 bridgehead atoms. The monoisotopic (exact) mass is 513 g/mol. The molecule has 0 aliphatic heterocycles. The summed E-state index contributed by atoms with van der Waals surface area (Å²) in [5, 5.41) is 18.7. The number of alkyl halides is 3. The van der Waals surface area contributed by atoms with Gasteiger partial charge in [0.25, 0.3) is 5.91 Å². The summed E-state index contributed by atoms with van der Waals surface area (Å²) in [4.78, 5) is 25.0. The number of nitrogens with zero attached hydrogens (tertiary/aromatic N) is 4. The van der Waals surface area contributed by atoms with Gasteiger partial charge in [-0.15, -0.1) is 10.2 Å². The van der Waals surface area contributed by atoms with Crippen LogP contribution in [-0.4, -0.2) is 59.1 Å². The van der Waals surface area contributed by atoms with Crippen LogP contribution < -0.4 is 20.7 Å². The lowest BCUT2D eigenvalue weighted by Gasteiger charge is -2.22. The van der Waals surface area contributed by atoms with E-state index in [1.165, 1.54) is 23.9 Å². The Morgan fingerprint density at radius 3 is 2.69 bits per heavy atom. The molecular formula is C22H24F3N7O4. The highest BCUT2D eigenvalue weighted by Gasteiger charge is 2.43. The van der Waals surface area contributed by atoms with Crippen LogP contribution in [0.4, 0.5) is 30.5 Å². The lowest BCUT2D eigenvalue weighted by molar-refractivity contribution is -0.216. The van der Waals surface area contributed by atoms with Gasteiger partial charge in [-0.05, 0) is 18.9 Å². The fourth-order valence-corrected chi connectivity index (χ4v) is 3.64. The molecule has 3 aromatic rings. The second kappa shape index (κ2) is 9.60. The molecule has 192 valence electrons. The van der Waals surface area contributed by atoms with Crippen LogP contribution in [0.2, 0.25) is 0 Å². The van der Waals surface area contributed by atoms with Crippen LogP contribution in [0.25, 0.3) is 10.9 Å². The Morgan fingerprint density at radius 2 is 2.06 bits per heavy atom. The number of ether oxygens (including phenoxy) is 2. The maximum Gasteiger partial charge on any atom is 0.418 e. The van der Waals surface area contributed by atoms with Gasteiger partial charge in [0.15, 0.2) is 23.4 Å². The van der Waals surface area contributed by atoms with Crippen molar-refractivity contribution in [2.75, 3.05) is 31.8 Å². The summed E-state index contributed by atoms with van der Waals surface area (Å²) in [5.41, 5.74) is -1.19. The largest absolute Gasteiger partial charge is 0.496 e. The van der Waals surface area contributed by atoms with Crippen molar-refractivity contribution in [3.8, 4) is 5.75 Å². The van der Waals surface area contributed by atoms with Crippen molar-refractivity contribution in [1.29, 1.82) is 0 Å². The first kappa shape index (κ1) is 18.3. The zero-order valence-electron chi connectivity index (χ0n) is 24.9. The van der Waals surface area contributed by atoms with Gasteiger partial charge in [-0.1, -0.05) is 6.07 Å². The third-order valence-corrected chi connectivity index (χ3v) is 5.48. The molecule has 4 rings (SSSR count). The number of carbonyl (C=O) groups excluding carboxylic acids is 2. The van der Waals surface area contributed by atoms with Gasteiger partial charge in [0.05, 0.1) is 27.8 Å².